The summed E-state index contributed by atoms with van der Waals surface area (Å²) in [6, 6.07) is 19.3. The first-order chi connectivity index (χ1) is 12.8. The molecule has 0 unspecified atom stereocenters. The molecule has 4 rings (SSSR count). The number of fused-ring (bicyclic) bond motifs is 1. The molecule has 2 heterocycles. The molecule has 1 aliphatic heterocycles. The van der Waals surface area contributed by atoms with Crippen LogP contribution >= 0.6 is 11.8 Å². The average molecular weight is 364 g/mol. The Balaban J connectivity index is 1.52. The maximum absolute atomic E-state index is 4.81. The van der Waals surface area contributed by atoms with E-state index in [-0.39, 0.29) is 0 Å². The van der Waals surface area contributed by atoms with Crippen LogP contribution in [0.5, 0.6) is 0 Å². The van der Waals surface area contributed by atoms with Crippen molar-refractivity contribution in [2.24, 2.45) is 4.99 Å². The van der Waals surface area contributed by atoms with E-state index in [1.807, 2.05) is 11.8 Å². The van der Waals surface area contributed by atoms with Gasteiger partial charge >= 0.3 is 0 Å². The summed E-state index contributed by atoms with van der Waals surface area (Å²) >= 11 is 1.93. The molecule has 134 valence electrons. The van der Waals surface area contributed by atoms with E-state index in [1.54, 1.807) is 0 Å². The number of aromatic amines is 1. The van der Waals surface area contributed by atoms with Crippen LogP contribution in [0.1, 0.15) is 24.1 Å². The molecule has 0 saturated carbocycles. The molecule has 1 fully saturated rings. The zero-order valence-corrected chi connectivity index (χ0v) is 16.1. The third-order valence-electron chi connectivity index (χ3n) is 4.92. The Labute approximate surface area is 159 Å². The molecule has 2 aromatic carbocycles. The van der Waals surface area contributed by atoms with Crippen LogP contribution in [0, 0.1) is 0 Å². The monoisotopic (exact) mass is 363 g/mol. The molecule has 3 aromatic rings. The fraction of sp³-hybridized carbons (Fsp3) is 0.318. The summed E-state index contributed by atoms with van der Waals surface area (Å²) in [5, 5.41) is 1.33. The highest BCUT2D eigenvalue weighted by Gasteiger charge is 2.14. The maximum Gasteiger partial charge on any atom is 0.0987 e. The fourth-order valence-electron chi connectivity index (χ4n) is 3.58. The zero-order valence-electron chi connectivity index (χ0n) is 15.2. The molecule has 0 aliphatic carbocycles. The van der Waals surface area contributed by atoms with Gasteiger partial charge in [0.15, 0.2) is 0 Å². The number of aliphatic imine (C=N–C) groups is 1. The molecule has 1 aromatic heterocycles. The van der Waals surface area contributed by atoms with Gasteiger partial charge in [0.2, 0.25) is 0 Å². The Kier molecular flexibility index (Phi) is 5.30. The summed E-state index contributed by atoms with van der Waals surface area (Å²) < 4.78 is 0. The van der Waals surface area contributed by atoms with E-state index >= 15 is 0 Å². The van der Waals surface area contributed by atoms with Gasteiger partial charge < -0.3 is 9.88 Å². The maximum atomic E-state index is 4.81. The highest BCUT2D eigenvalue weighted by molar-refractivity contribution is 7.99. The fourth-order valence-corrected chi connectivity index (χ4v) is 4.60. The molecule has 1 N–H and O–H groups in total. The predicted molar refractivity (Wildman–Crippen MR) is 112 cm³/mol. The number of rotatable bonds is 6. The first-order valence-electron chi connectivity index (χ1n) is 9.32. The van der Waals surface area contributed by atoms with Crippen molar-refractivity contribution in [1.82, 2.24) is 9.88 Å². The van der Waals surface area contributed by atoms with Crippen molar-refractivity contribution in [3.8, 4) is 0 Å². The summed E-state index contributed by atoms with van der Waals surface area (Å²) in [5.74, 6) is 2.29. The van der Waals surface area contributed by atoms with Gasteiger partial charge in [-0.05, 0) is 18.1 Å². The quantitative estimate of drug-likeness (QED) is 0.495. The number of benzene rings is 2. The summed E-state index contributed by atoms with van der Waals surface area (Å²) in [6.07, 6.45) is 3.31. The Hall–Kier alpha value is -2.20. The van der Waals surface area contributed by atoms with E-state index in [0.29, 0.717) is 0 Å². The van der Waals surface area contributed by atoms with Crippen LogP contribution in [0.25, 0.3) is 10.9 Å². The zero-order chi connectivity index (χ0) is 17.8. The first-order valence-corrected chi connectivity index (χ1v) is 10.3. The number of nitrogens with zero attached hydrogens (tertiary/aromatic N) is 2. The number of aromatic nitrogens is 1. The van der Waals surface area contributed by atoms with Crippen molar-refractivity contribution in [2.75, 3.05) is 25.9 Å². The van der Waals surface area contributed by atoms with E-state index in [0.717, 1.165) is 31.7 Å². The van der Waals surface area contributed by atoms with Crippen molar-refractivity contribution in [3.05, 3.63) is 65.9 Å². The number of H-pyrrole nitrogens is 1. The summed E-state index contributed by atoms with van der Waals surface area (Å²) in [4.78, 5) is 12.1. The molecule has 0 amide bonds. The van der Waals surface area contributed by atoms with Crippen molar-refractivity contribution in [1.29, 1.82) is 0 Å². The largest absolute Gasteiger partial charge is 0.363 e. The van der Waals surface area contributed by atoms with Crippen LogP contribution in [-0.2, 0) is 6.42 Å². The van der Waals surface area contributed by atoms with E-state index in [2.05, 4.69) is 71.5 Å². The van der Waals surface area contributed by atoms with Gasteiger partial charge in [-0.3, -0.25) is 4.99 Å². The lowest BCUT2D eigenvalue weighted by atomic mass is 10.1. The van der Waals surface area contributed by atoms with Gasteiger partial charge in [-0.1, -0.05) is 48.5 Å². The Bertz CT molecular complexity index is 898. The Morgan fingerprint density at radius 1 is 1.08 bits per heavy atom. The van der Waals surface area contributed by atoms with Crippen LogP contribution in [0.2, 0.25) is 0 Å². The van der Waals surface area contributed by atoms with Gasteiger partial charge in [0.1, 0.15) is 0 Å². The van der Waals surface area contributed by atoms with Gasteiger partial charge in [0, 0.05) is 53.7 Å². The number of hydrogen-bond acceptors (Lipinski definition) is 2. The van der Waals surface area contributed by atoms with E-state index in [4.69, 9.17) is 4.99 Å². The van der Waals surface area contributed by atoms with Crippen LogP contribution in [0.15, 0.2) is 64.5 Å². The van der Waals surface area contributed by atoms with Gasteiger partial charge in [0.05, 0.1) is 12.4 Å². The van der Waals surface area contributed by atoms with Gasteiger partial charge in [-0.2, -0.15) is 0 Å². The molecule has 4 heteroatoms. The molecule has 0 spiro atoms. The van der Waals surface area contributed by atoms with Crippen molar-refractivity contribution >= 4 is 28.5 Å². The average Bonchev–Trinajstić information content (AvgIpc) is 3.23. The van der Waals surface area contributed by atoms with E-state index in [9.17, 15) is 0 Å². The number of nitrogens with one attached hydrogen (secondary N) is 1. The van der Waals surface area contributed by atoms with E-state index < -0.39 is 0 Å². The number of para-hydroxylation sites is 1. The number of amidine groups is 1. The van der Waals surface area contributed by atoms with Crippen LogP contribution in [0.3, 0.4) is 0 Å². The lowest BCUT2D eigenvalue weighted by molar-refractivity contribution is 0.548. The predicted octanol–water partition coefficient (Wildman–Crippen LogP) is 4.97. The molecule has 26 heavy (non-hydrogen) atoms. The Morgan fingerprint density at radius 2 is 1.88 bits per heavy atom. The molecule has 1 aliphatic rings. The molecule has 3 nitrogen and oxygen atoms in total. The van der Waals surface area contributed by atoms with Crippen LogP contribution in [0.4, 0.5) is 0 Å². The van der Waals surface area contributed by atoms with Gasteiger partial charge in [0.25, 0.3) is 0 Å². The number of hydrogen-bond donors (Lipinski definition) is 1. The second-order valence-electron chi connectivity index (χ2n) is 6.81. The highest BCUT2D eigenvalue weighted by atomic mass is 32.2. The van der Waals surface area contributed by atoms with Crippen LogP contribution in [-0.4, -0.2) is 41.6 Å². The minimum absolute atomic E-state index is 0.884. The molecule has 0 atom stereocenters. The molecular formula is C22H25N3S. The van der Waals surface area contributed by atoms with Gasteiger partial charge in [-0.15, -0.1) is 11.8 Å². The highest BCUT2D eigenvalue weighted by Crippen LogP contribution is 2.33. The smallest absolute Gasteiger partial charge is 0.0987 e. The van der Waals surface area contributed by atoms with Crippen LogP contribution < -0.4 is 0 Å². The van der Waals surface area contributed by atoms with Crippen molar-refractivity contribution in [3.63, 3.8) is 0 Å². The minimum atomic E-state index is 0.884. The topological polar surface area (TPSA) is 31.4 Å². The number of likely N-dealkylation sites (tertiary alicyclic amines) is 1. The third-order valence-corrected chi connectivity index (χ3v) is 6.06. The standard InChI is InChI=1S/C22H25N3S/c1-25-14-7-12-21(25)23-13-15-26-22-18-10-5-6-11-19(18)24-20(22)16-17-8-3-2-4-9-17/h2-6,8-11,24H,7,12-16H2,1H3. The Morgan fingerprint density at radius 3 is 2.69 bits per heavy atom. The lowest BCUT2D eigenvalue weighted by Crippen LogP contribution is -2.19. The SMILES string of the molecule is CN1CCCC1=NCCSc1c(Cc2ccccc2)[nH]c2ccccc12. The molecule has 0 radical (unpaired) electrons. The normalized spacial score (nSPS) is 16.0. The van der Waals surface area contributed by atoms with Crippen molar-refractivity contribution < 1.29 is 0 Å². The van der Waals surface area contributed by atoms with Gasteiger partial charge in [-0.25, -0.2) is 0 Å². The summed E-state index contributed by atoms with van der Waals surface area (Å²) in [6.45, 7) is 2.03. The molecule has 0 bridgehead atoms. The van der Waals surface area contributed by atoms with Crippen molar-refractivity contribution in [2.45, 2.75) is 24.2 Å². The second-order valence-corrected chi connectivity index (χ2v) is 7.92. The number of thioether (sulfide) groups is 1. The lowest BCUT2D eigenvalue weighted by Gasteiger charge is -2.11. The second kappa shape index (κ2) is 8.00. The molecular weight excluding hydrogens is 338 g/mol. The molecule has 1 saturated heterocycles. The van der Waals surface area contributed by atoms with E-state index in [1.165, 1.54) is 39.3 Å². The summed E-state index contributed by atoms with van der Waals surface area (Å²) in [5.41, 5.74) is 3.88. The minimum Gasteiger partial charge on any atom is -0.363 e. The third kappa shape index (κ3) is 3.80. The summed E-state index contributed by atoms with van der Waals surface area (Å²) in [7, 11) is 2.15. The first kappa shape index (κ1) is 17.2.